The highest BCUT2D eigenvalue weighted by Crippen LogP contribution is 2.31. The fourth-order valence-corrected chi connectivity index (χ4v) is 3.98. The molecule has 1 saturated carbocycles. The molecule has 1 amide bonds. The lowest BCUT2D eigenvalue weighted by Gasteiger charge is -2.30. The minimum atomic E-state index is 0.117. The molecule has 162 valence electrons. The average molecular weight is 405 g/mol. The predicted molar refractivity (Wildman–Crippen MR) is 113 cm³/mol. The van der Waals surface area contributed by atoms with Crippen molar-refractivity contribution in [2.45, 2.75) is 51.1 Å². The minimum Gasteiger partial charge on any atom is -0.491 e. The summed E-state index contributed by atoms with van der Waals surface area (Å²) in [6.45, 7) is 4.33. The second kappa shape index (κ2) is 11.5. The van der Waals surface area contributed by atoms with Crippen LogP contribution in [0.4, 0.5) is 0 Å². The molecule has 2 fully saturated rings. The lowest BCUT2D eigenvalue weighted by Crippen LogP contribution is -2.43. The Morgan fingerprint density at radius 3 is 2.55 bits per heavy atom. The molecule has 1 aromatic rings. The zero-order valence-corrected chi connectivity index (χ0v) is 18.0. The number of piperidine rings is 1. The Bertz CT molecular complexity index is 614. The number of aryl methyl sites for hydroxylation is 1. The zero-order chi connectivity index (χ0) is 20.5. The van der Waals surface area contributed by atoms with Gasteiger partial charge in [0.2, 0.25) is 5.91 Å². The molecule has 6 nitrogen and oxygen atoms in total. The van der Waals surface area contributed by atoms with Crippen LogP contribution in [-0.4, -0.2) is 64.0 Å². The molecule has 0 aromatic heterocycles. The summed E-state index contributed by atoms with van der Waals surface area (Å²) in [5.74, 6) is 1.28. The largest absolute Gasteiger partial charge is 0.491 e. The smallest absolute Gasteiger partial charge is 0.227 e. The monoisotopic (exact) mass is 404 g/mol. The van der Waals surface area contributed by atoms with Gasteiger partial charge in [0.25, 0.3) is 0 Å². The summed E-state index contributed by atoms with van der Waals surface area (Å²) < 4.78 is 16.2. The summed E-state index contributed by atoms with van der Waals surface area (Å²) in [7, 11) is 3.41. The molecule has 0 spiro atoms. The van der Waals surface area contributed by atoms with Crippen LogP contribution in [0, 0.1) is 5.92 Å². The van der Waals surface area contributed by atoms with E-state index >= 15 is 0 Å². The van der Waals surface area contributed by atoms with Gasteiger partial charge in [0.05, 0.1) is 12.5 Å². The van der Waals surface area contributed by atoms with Crippen LogP contribution in [0.25, 0.3) is 0 Å². The Labute approximate surface area is 174 Å². The number of methoxy groups -OCH3 is 2. The highest BCUT2D eigenvalue weighted by molar-refractivity contribution is 5.80. The molecule has 1 aliphatic carbocycles. The summed E-state index contributed by atoms with van der Waals surface area (Å²) in [5.41, 5.74) is 2.38. The molecule has 1 unspecified atom stereocenters. The Morgan fingerprint density at radius 2 is 1.86 bits per heavy atom. The number of benzene rings is 1. The molecule has 1 heterocycles. The van der Waals surface area contributed by atoms with Gasteiger partial charge in [-0.1, -0.05) is 6.07 Å². The fourth-order valence-electron chi connectivity index (χ4n) is 3.98. The first kappa shape index (κ1) is 22.1. The Balaban J connectivity index is 1.71. The van der Waals surface area contributed by atoms with E-state index in [-0.39, 0.29) is 5.92 Å². The first-order chi connectivity index (χ1) is 14.2. The molecule has 2 aliphatic rings. The number of nitrogens with one attached hydrogen (secondary N) is 1. The maximum atomic E-state index is 13.2. The van der Waals surface area contributed by atoms with Crippen LogP contribution in [0.15, 0.2) is 18.2 Å². The Morgan fingerprint density at radius 1 is 1.07 bits per heavy atom. The lowest BCUT2D eigenvalue weighted by atomic mass is 9.97. The second-order valence-corrected chi connectivity index (χ2v) is 8.16. The quantitative estimate of drug-likeness (QED) is 0.543. The van der Waals surface area contributed by atoms with Gasteiger partial charge in [-0.3, -0.25) is 4.79 Å². The van der Waals surface area contributed by atoms with Crippen molar-refractivity contribution in [1.82, 2.24) is 10.2 Å². The molecule has 29 heavy (non-hydrogen) atoms. The summed E-state index contributed by atoms with van der Waals surface area (Å²) in [5, 5.41) is 3.38. The minimum absolute atomic E-state index is 0.117. The van der Waals surface area contributed by atoms with Crippen molar-refractivity contribution in [1.29, 1.82) is 0 Å². The van der Waals surface area contributed by atoms with E-state index < -0.39 is 0 Å². The van der Waals surface area contributed by atoms with E-state index in [0.717, 1.165) is 69.5 Å². The first-order valence-electron chi connectivity index (χ1n) is 11.0. The molecular formula is C23H36N2O4. The number of carbonyl (C=O) groups is 1. The van der Waals surface area contributed by atoms with E-state index in [2.05, 4.69) is 28.4 Å². The van der Waals surface area contributed by atoms with E-state index in [1.807, 2.05) is 0 Å². The molecule has 1 saturated heterocycles. The van der Waals surface area contributed by atoms with E-state index in [1.54, 1.807) is 14.2 Å². The van der Waals surface area contributed by atoms with Crippen molar-refractivity contribution in [2.75, 3.05) is 47.1 Å². The van der Waals surface area contributed by atoms with Crippen LogP contribution in [0.5, 0.6) is 5.75 Å². The molecule has 1 N–H and O–H groups in total. The maximum Gasteiger partial charge on any atom is 0.227 e. The van der Waals surface area contributed by atoms with E-state index in [9.17, 15) is 4.79 Å². The average Bonchev–Trinajstić information content (AvgIpc) is 3.58. The normalized spacial score (nSPS) is 19.2. The summed E-state index contributed by atoms with van der Waals surface area (Å²) in [6, 6.07) is 6.81. The molecular weight excluding hydrogens is 368 g/mol. The summed E-state index contributed by atoms with van der Waals surface area (Å²) in [4.78, 5) is 15.3. The van der Waals surface area contributed by atoms with Gasteiger partial charge in [0.1, 0.15) is 12.4 Å². The fraction of sp³-hybridized carbons (Fsp3) is 0.696. The van der Waals surface area contributed by atoms with Gasteiger partial charge in [-0.05, 0) is 68.3 Å². The van der Waals surface area contributed by atoms with Crippen LogP contribution in [0.2, 0.25) is 0 Å². The van der Waals surface area contributed by atoms with E-state index in [1.165, 1.54) is 5.56 Å². The number of carbonyl (C=O) groups excluding carboxylic acids is 1. The SMILES string of the molecule is COCCCc1cc(CN(C(=O)C2CCCNC2)C2CC2)cc(OCCOC)c1. The highest BCUT2D eigenvalue weighted by Gasteiger charge is 2.36. The molecule has 0 radical (unpaired) electrons. The summed E-state index contributed by atoms with van der Waals surface area (Å²) >= 11 is 0. The van der Waals surface area contributed by atoms with Crippen molar-refractivity contribution < 1.29 is 19.0 Å². The van der Waals surface area contributed by atoms with Crippen LogP contribution in [-0.2, 0) is 27.2 Å². The van der Waals surface area contributed by atoms with Gasteiger partial charge in [-0.25, -0.2) is 0 Å². The molecule has 1 atom stereocenters. The van der Waals surface area contributed by atoms with Crippen LogP contribution >= 0.6 is 0 Å². The molecule has 0 bridgehead atoms. The number of ether oxygens (including phenoxy) is 3. The van der Waals surface area contributed by atoms with Gasteiger partial charge >= 0.3 is 0 Å². The van der Waals surface area contributed by atoms with Gasteiger partial charge in [-0.15, -0.1) is 0 Å². The number of nitrogens with zero attached hydrogens (tertiary/aromatic N) is 1. The van der Waals surface area contributed by atoms with E-state index in [4.69, 9.17) is 14.2 Å². The van der Waals surface area contributed by atoms with Gasteiger partial charge in [0.15, 0.2) is 0 Å². The third-order valence-electron chi connectivity index (χ3n) is 5.67. The predicted octanol–water partition coefficient (Wildman–Crippen LogP) is 2.78. The molecule has 6 heteroatoms. The zero-order valence-electron chi connectivity index (χ0n) is 18.0. The van der Waals surface area contributed by atoms with Crippen molar-refractivity contribution in [3.05, 3.63) is 29.3 Å². The molecule has 3 rings (SSSR count). The van der Waals surface area contributed by atoms with Crippen molar-refractivity contribution in [3.63, 3.8) is 0 Å². The third-order valence-corrected chi connectivity index (χ3v) is 5.67. The lowest BCUT2D eigenvalue weighted by molar-refractivity contribution is -0.137. The first-order valence-corrected chi connectivity index (χ1v) is 11.0. The van der Waals surface area contributed by atoms with Crippen molar-refractivity contribution in [3.8, 4) is 5.75 Å². The topological polar surface area (TPSA) is 60.0 Å². The van der Waals surface area contributed by atoms with Gasteiger partial charge < -0.3 is 24.4 Å². The number of hydrogen-bond donors (Lipinski definition) is 1. The van der Waals surface area contributed by atoms with Crippen molar-refractivity contribution >= 4 is 5.91 Å². The standard InChI is InChI=1S/C23H36N2O4/c1-27-10-4-5-18-13-19(15-22(14-18)29-12-11-28-2)17-25(21-7-8-21)23(26)20-6-3-9-24-16-20/h13-15,20-21,24H,3-12,16-17H2,1-2H3. The highest BCUT2D eigenvalue weighted by atomic mass is 16.5. The van der Waals surface area contributed by atoms with Gasteiger partial charge in [0, 0.05) is 40.0 Å². The molecule has 1 aliphatic heterocycles. The van der Waals surface area contributed by atoms with Crippen LogP contribution < -0.4 is 10.1 Å². The third kappa shape index (κ3) is 6.98. The van der Waals surface area contributed by atoms with Crippen LogP contribution in [0.1, 0.15) is 43.2 Å². The van der Waals surface area contributed by atoms with Crippen molar-refractivity contribution in [2.24, 2.45) is 5.92 Å². The number of hydrogen-bond acceptors (Lipinski definition) is 5. The van der Waals surface area contributed by atoms with Gasteiger partial charge in [-0.2, -0.15) is 0 Å². The summed E-state index contributed by atoms with van der Waals surface area (Å²) in [6.07, 6.45) is 6.23. The number of amides is 1. The van der Waals surface area contributed by atoms with Crippen LogP contribution in [0.3, 0.4) is 0 Å². The second-order valence-electron chi connectivity index (χ2n) is 8.16. The van der Waals surface area contributed by atoms with E-state index in [0.29, 0.717) is 31.7 Å². The Kier molecular flexibility index (Phi) is 8.77. The molecule has 1 aromatic carbocycles. The maximum absolute atomic E-state index is 13.2. The number of rotatable bonds is 12. The Hall–Kier alpha value is -1.63.